The number of halogens is 2. The monoisotopic (exact) mass is 375 g/mol. The summed E-state index contributed by atoms with van der Waals surface area (Å²) in [6.07, 6.45) is 4.65. The van der Waals surface area contributed by atoms with Crippen LogP contribution in [0.5, 0.6) is 0 Å². The van der Waals surface area contributed by atoms with Gasteiger partial charge in [0.05, 0.1) is 0 Å². The lowest BCUT2D eigenvalue weighted by atomic mass is 10.1. The summed E-state index contributed by atoms with van der Waals surface area (Å²) in [7, 11) is 0. The molecule has 0 aliphatic carbocycles. The number of rotatable bonds is 7. The molecular weight excluding hydrogens is 358 g/mol. The number of carbonyl (C=O) groups excluding carboxylic acids is 1. The largest absolute Gasteiger partial charge is 0.352 e. The Balaban J connectivity index is 2.30. The summed E-state index contributed by atoms with van der Waals surface area (Å²) >= 11 is 6.84. The van der Waals surface area contributed by atoms with Crippen molar-refractivity contribution < 1.29 is 4.79 Å². The summed E-state index contributed by atoms with van der Waals surface area (Å²) in [4.78, 5) is 11.9. The van der Waals surface area contributed by atoms with Crippen LogP contribution in [0.15, 0.2) is 22.7 Å². The van der Waals surface area contributed by atoms with Crippen molar-refractivity contribution >= 4 is 37.8 Å². The maximum Gasteiger partial charge on any atom is 0.251 e. The molecule has 0 aromatic heterocycles. The zero-order chi connectivity index (χ0) is 13.4. The Morgan fingerprint density at radius 1 is 1.22 bits per heavy atom. The number of unbranched alkanes of at least 4 members (excludes halogenated alkanes) is 3. The van der Waals surface area contributed by atoms with Gasteiger partial charge in [-0.05, 0) is 43.5 Å². The van der Waals surface area contributed by atoms with E-state index in [2.05, 4.69) is 37.2 Å². The second kappa shape index (κ2) is 8.70. The third-order valence-electron chi connectivity index (χ3n) is 2.77. The highest BCUT2D eigenvalue weighted by molar-refractivity contribution is 9.10. The molecule has 0 heterocycles. The molecule has 18 heavy (non-hydrogen) atoms. The van der Waals surface area contributed by atoms with Gasteiger partial charge in [-0.1, -0.05) is 44.7 Å². The molecule has 100 valence electrons. The summed E-state index contributed by atoms with van der Waals surface area (Å²) in [6.45, 7) is 2.75. The van der Waals surface area contributed by atoms with Crippen molar-refractivity contribution in [2.45, 2.75) is 32.6 Å². The Morgan fingerprint density at radius 2 is 1.94 bits per heavy atom. The van der Waals surface area contributed by atoms with Crippen LogP contribution in [0, 0.1) is 6.92 Å². The Bertz CT molecular complexity index is 393. The zero-order valence-corrected chi connectivity index (χ0v) is 13.8. The van der Waals surface area contributed by atoms with E-state index < -0.39 is 0 Å². The van der Waals surface area contributed by atoms with Gasteiger partial charge in [-0.25, -0.2) is 0 Å². The molecule has 4 heteroatoms. The normalized spacial score (nSPS) is 10.4. The van der Waals surface area contributed by atoms with Crippen molar-refractivity contribution in [1.29, 1.82) is 0 Å². The molecule has 0 aliphatic heterocycles. The minimum absolute atomic E-state index is 0.0195. The van der Waals surface area contributed by atoms with E-state index in [9.17, 15) is 4.79 Å². The SMILES string of the molecule is Cc1cc(C(=O)NCCCCCCBr)ccc1Br. The first-order valence-electron chi connectivity index (χ1n) is 6.25. The van der Waals surface area contributed by atoms with Gasteiger partial charge in [-0.15, -0.1) is 0 Å². The molecule has 0 fully saturated rings. The fraction of sp³-hybridized carbons (Fsp3) is 0.500. The Kier molecular flexibility index (Phi) is 7.59. The van der Waals surface area contributed by atoms with Crippen molar-refractivity contribution in [2.24, 2.45) is 0 Å². The van der Waals surface area contributed by atoms with Gasteiger partial charge in [-0.3, -0.25) is 4.79 Å². The molecule has 1 aromatic rings. The van der Waals surface area contributed by atoms with Crippen LogP contribution in [-0.2, 0) is 0 Å². The Labute approximate surface area is 126 Å². The lowest BCUT2D eigenvalue weighted by molar-refractivity contribution is 0.0953. The smallest absolute Gasteiger partial charge is 0.251 e. The summed E-state index contributed by atoms with van der Waals surface area (Å²) in [5, 5.41) is 4.02. The number of hydrogen-bond acceptors (Lipinski definition) is 1. The van der Waals surface area contributed by atoms with Gasteiger partial charge in [0.25, 0.3) is 5.91 Å². The lowest BCUT2D eigenvalue weighted by Gasteiger charge is -2.06. The predicted octanol–water partition coefficient (Wildman–Crippen LogP) is 4.44. The van der Waals surface area contributed by atoms with E-state index >= 15 is 0 Å². The van der Waals surface area contributed by atoms with Crippen molar-refractivity contribution in [2.75, 3.05) is 11.9 Å². The topological polar surface area (TPSA) is 29.1 Å². The number of aryl methyl sites for hydroxylation is 1. The zero-order valence-electron chi connectivity index (χ0n) is 10.6. The minimum atomic E-state index is 0.0195. The van der Waals surface area contributed by atoms with E-state index in [1.807, 2.05) is 25.1 Å². The van der Waals surface area contributed by atoms with Crippen LogP contribution in [0.2, 0.25) is 0 Å². The third-order valence-corrected chi connectivity index (χ3v) is 4.22. The fourth-order valence-corrected chi connectivity index (χ4v) is 2.31. The molecular formula is C14H19Br2NO. The van der Waals surface area contributed by atoms with Gasteiger partial charge < -0.3 is 5.32 Å². The fourth-order valence-electron chi connectivity index (χ4n) is 1.66. The number of benzene rings is 1. The molecule has 0 unspecified atom stereocenters. The molecule has 0 saturated carbocycles. The van der Waals surface area contributed by atoms with Crippen LogP contribution in [0.25, 0.3) is 0 Å². The quantitative estimate of drug-likeness (QED) is 0.553. The van der Waals surface area contributed by atoms with Crippen molar-refractivity contribution in [1.82, 2.24) is 5.32 Å². The first-order valence-corrected chi connectivity index (χ1v) is 8.17. The van der Waals surface area contributed by atoms with E-state index in [4.69, 9.17) is 0 Å². The second-order valence-corrected chi connectivity index (χ2v) is 5.97. The summed E-state index contributed by atoms with van der Waals surface area (Å²) < 4.78 is 1.04. The van der Waals surface area contributed by atoms with Crippen LogP contribution < -0.4 is 5.32 Å². The predicted molar refractivity (Wildman–Crippen MR) is 83.5 cm³/mol. The van der Waals surface area contributed by atoms with Gasteiger partial charge in [-0.2, -0.15) is 0 Å². The van der Waals surface area contributed by atoms with E-state index in [0.29, 0.717) is 0 Å². The summed E-state index contributed by atoms with van der Waals surface area (Å²) in [5.41, 5.74) is 1.82. The average Bonchev–Trinajstić information content (AvgIpc) is 2.36. The number of alkyl halides is 1. The molecule has 1 rings (SSSR count). The van der Waals surface area contributed by atoms with Gasteiger partial charge in [0.1, 0.15) is 0 Å². The van der Waals surface area contributed by atoms with Crippen LogP contribution in [0.3, 0.4) is 0 Å². The molecule has 2 nitrogen and oxygen atoms in total. The molecule has 1 aromatic carbocycles. The minimum Gasteiger partial charge on any atom is -0.352 e. The van der Waals surface area contributed by atoms with Crippen molar-refractivity contribution in [3.63, 3.8) is 0 Å². The molecule has 0 bridgehead atoms. The maximum absolute atomic E-state index is 11.9. The van der Waals surface area contributed by atoms with Gasteiger partial charge >= 0.3 is 0 Å². The standard InChI is InChI=1S/C14H19Br2NO/c1-11-10-12(6-7-13(11)16)14(18)17-9-5-3-2-4-8-15/h6-7,10H,2-5,8-9H2,1H3,(H,17,18). The van der Waals surface area contributed by atoms with Crippen molar-refractivity contribution in [3.8, 4) is 0 Å². The first-order chi connectivity index (χ1) is 8.65. The molecule has 0 aliphatic rings. The van der Waals surface area contributed by atoms with Gasteiger partial charge in [0, 0.05) is 21.9 Å². The van der Waals surface area contributed by atoms with Crippen LogP contribution in [0.4, 0.5) is 0 Å². The highest BCUT2D eigenvalue weighted by atomic mass is 79.9. The number of hydrogen-bond donors (Lipinski definition) is 1. The summed E-state index contributed by atoms with van der Waals surface area (Å²) in [5.74, 6) is 0.0195. The molecule has 0 atom stereocenters. The van der Waals surface area contributed by atoms with E-state index in [-0.39, 0.29) is 5.91 Å². The molecule has 0 spiro atoms. The van der Waals surface area contributed by atoms with Gasteiger partial charge in [0.2, 0.25) is 0 Å². The highest BCUT2D eigenvalue weighted by Gasteiger charge is 2.05. The molecule has 1 N–H and O–H groups in total. The highest BCUT2D eigenvalue weighted by Crippen LogP contribution is 2.16. The van der Waals surface area contributed by atoms with Crippen LogP contribution >= 0.6 is 31.9 Å². The second-order valence-electron chi connectivity index (χ2n) is 4.32. The lowest BCUT2D eigenvalue weighted by Crippen LogP contribution is -2.24. The number of nitrogens with one attached hydrogen (secondary N) is 1. The average molecular weight is 377 g/mol. The van der Waals surface area contributed by atoms with Crippen molar-refractivity contribution in [3.05, 3.63) is 33.8 Å². The molecule has 1 amide bonds. The van der Waals surface area contributed by atoms with Crippen LogP contribution in [-0.4, -0.2) is 17.8 Å². The van der Waals surface area contributed by atoms with Crippen LogP contribution in [0.1, 0.15) is 41.6 Å². The Hall–Kier alpha value is -0.350. The number of amides is 1. The van der Waals surface area contributed by atoms with E-state index in [1.54, 1.807) is 0 Å². The Morgan fingerprint density at radius 3 is 2.61 bits per heavy atom. The first kappa shape index (κ1) is 15.7. The number of carbonyl (C=O) groups is 1. The van der Waals surface area contributed by atoms with Gasteiger partial charge in [0.15, 0.2) is 0 Å². The molecule has 0 radical (unpaired) electrons. The van der Waals surface area contributed by atoms with E-state index in [1.165, 1.54) is 19.3 Å². The summed E-state index contributed by atoms with van der Waals surface area (Å²) in [6, 6.07) is 5.67. The van der Waals surface area contributed by atoms with E-state index in [0.717, 1.165) is 33.9 Å². The maximum atomic E-state index is 11.9. The molecule has 0 saturated heterocycles. The third kappa shape index (κ3) is 5.53.